The Labute approximate surface area is 158 Å². The predicted molar refractivity (Wildman–Crippen MR) is 94.6 cm³/mol. The van der Waals surface area contributed by atoms with Crippen molar-refractivity contribution in [1.29, 1.82) is 0 Å². The molecule has 0 fully saturated rings. The Morgan fingerprint density at radius 3 is 2.67 bits per heavy atom. The number of hydrogen-bond acceptors (Lipinski definition) is 7. The number of anilines is 1. The highest BCUT2D eigenvalue weighted by Gasteiger charge is 2.19. The Morgan fingerprint density at radius 2 is 2.00 bits per heavy atom. The van der Waals surface area contributed by atoms with E-state index in [1.165, 1.54) is 32.5 Å². The zero-order valence-electron chi connectivity index (χ0n) is 14.4. The Bertz CT molecular complexity index is 820. The molecule has 0 aliphatic rings. The van der Waals surface area contributed by atoms with Crippen molar-refractivity contribution in [2.75, 3.05) is 26.1 Å². The van der Waals surface area contributed by atoms with Crippen LogP contribution in [0, 0.1) is 0 Å². The van der Waals surface area contributed by atoms with Crippen molar-refractivity contribution in [3.63, 3.8) is 0 Å². The Hall–Kier alpha value is -2.88. The molecule has 1 aromatic carbocycles. The number of carbonyl (C=O) groups is 2. The number of esters is 1. The Balaban J connectivity index is 1.99. The summed E-state index contributed by atoms with van der Waals surface area (Å²) in [5.41, 5.74) is 0.215. The molecule has 0 aliphatic carbocycles. The number of pyridine rings is 1. The molecule has 27 heavy (non-hydrogen) atoms. The summed E-state index contributed by atoms with van der Waals surface area (Å²) in [6.07, 6.45) is 1.28. The van der Waals surface area contributed by atoms with Crippen molar-refractivity contribution in [1.82, 2.24) is 4.98 Å². The SMILES string of the molecule is COc1ccc(NC(=O)COC(=O)c2cccnc2SC(F)F)c(OC)c1. The van der Waals surface area contributed by atoms with Crippen LogP contribution in [0.15, 0.2) is 41.6 Å². The number of alkyl halides is 2. The van der Waals surface area contributed by atoms with Crippen LogP contribution in [-0.2, 0) is 9.53 Å². The van der Waals surface area contributed by atoms with Crippen molar-refractivity contribution < 1.29 is 32.6 Å². The van der Waals surface area contributed by atoms with Gasteiger partial charge in [0.05, 0.1) is 25.5 Å². The van der Waals surface area contributed by atoms with Gasteiger partial charge in [-0.1, -0.05) is 0 Å². The maximum absolute atomic E-state index is 12.5. The fraction of sp³-hybridized carbons (Fsp3) is 0.235. The van der Waals surface area contributed by atoms with Crippen LogP contribution in [0.2, 0.25) is 0 Å². The van der Waals surface area contributed by atoms with Gasteiger partial charge in [0.15, 0.2) is 6.61 Å². The molecule has 0 unspecified atom stereocenters. The minimum absolute atomic E-state index is 0.124. The number of carbonyl (C=O) groups excluding carboxylic acids is 2. The zero-order chi connectivity index (χ0) is 19.8. The molecule has 7 nitrogen and oxygen atoms in total. The maximum atomic E-state index is 12.5. The number of rotatable bonds is 8. The number of nitrogens with one attached hydrogen (secondary N) is 1. The average Bonchev–Trinajstić information content (AvgIpc) is 2.66. The Kier molecular flexibility index (Phi) is 7.35. The summed E-state index contributed by atoms with van der Waals surface area (Å²) in [7, 11) is 2.92. The van der Waals surface area contributed by atoms with E-state index in [0.717, 1.165) is 0 Å². The largest absolute Gasteiger partial charge is 0.497 e. The molecule has 0 atom stereocenters. The van der Waals surface area contributed by atoms with E-state index in [-0.39, 0.29) is 22.4 Å². The fourth-order valence-electron chi connectivity index (χ4n) is 2.02. The van der Waals surface area contributed by atoms with Crippen molar-refractivity contribution in [2.45, 2.75) is 10.8 Å². The highest BCUT2D eigenvalue weighted by Crippen LogP contribution is 2.29. The molecule has 0 bridgehead atoms. The molecule has 0 spiro atoms. The van der Waals surface area contributed by atoms with E-state index in [2.05, 4.69) is 10.3 Å². The molecule has 0 radical (unpaired) electrons. The van der Waals surface area contributed by atoms with E-state index >= 15 is 0 Å². The van der Waals surface area contributed by atoms with Crippen LogP contribution < -0.4 is 14.8 Å². The van der Waals surface area contributed by atoms with E-state index in [1.54, 1.807) is 18.2 Å². The van der Waals surface area contributed by atoms with Crippen LogP contribution in [0.5, 0.6) is 11.5 Å². The van der Waals surface area contributed by atoms with Crippen LogP contribution in [0.3, 0.4) is 0 Å². The molecule has 0 saturated heterocycles. The lowest BCUT2D eigenvalue weighted by molar-refractivity contribution is -0.119. The minimum Gasteiger partial charge on any atom is -0.497 e. The van der Waals surface area contributed by atoms with E-state index in [1.807, 2.05) is 0 Å². The van der Waals surface area contributed by atoms with Crippen LogP contribution in [0.4, 0.5) is 14.5 Å². The van der Waals surface area contributed by atoms with Crippen LogP contribution in [-0.4, -0.2) is 43.4 Å². The van der Waals surface area contributed by atoms with Gasteiger partial charge in [-0.25, -0.2) is 9.78 Å². The highest BCUT2D eigenvalue weighted by atomic mass is 32.2. The molecule has 2 rings (SSSR count). The molecule has 10 heteroatoms. The van der Waals surface area contributed by atoms with Gasteiger partial charge in [0.1, 0.15) is 16.5 Å². The van der Waals surface area contributed by atoms with Gasteiger partial charge in [-0.15, -0.1) is 0 Å². The van der Waals surface area contributed by atoms with Gasteiger partial charge >= 0.3 is 5.97 Å². The van der Waals surface area contributed by atoms with Crippen LogP contribution in [0.1, 0.15) is 10.4 Å². The summed E-state index contributed by atoms with van der Waals surface area (Å²) in [4.78, 5) is 27.8. The van der Waals surface area contributed by atoms with Gasteiger partial charge in [0.2, 0.25) is 0 Å². The van der Waals surface area contributed by atoms with Gasteiger partial charge in [-0.05, 0) is 36.0 Å². The van der Waals surface area contributed by atoms with Gasteiger partial charge in [0.25, 0.3) is 11.7 Å². The summed E-state index contributed by atoms with van der Waals surface area (Å²) in [6, 6.07) is 7.47. The number of thioether (sulfide) groups is 1. The maximum Gasteiger partial charge on any atom is 0.341 e. The molecule has 2 aromatic rings. The van der Waals surface area contributed by atoms with E-state index in [0.29, 0.717) is 17.2 Å². The second-order valence-corrected chi connectivity index (χ2v) is 5.90. The topological polar surface area (TPSA) is 86.8 Å². The van der Waals surface area contributed by atoms with Crippen LogP contribution in [0.25, 0.3) is 0 Å². The molecule has 1 amide bonds. The highest BCUT2D eigenvalue weighted by molar-refractivity contribution is 7.99. The number of aromatic nitrogens is 1. The number of hydrogen-bond donors (Lipinski definition) is 1. The molecular weight excluding hydrogens is 382 g/mol. The number of benzene rings is 1. The summed E-state index contributed by atoms with van der Waals surface area (Å²) >= 11 is 0.124. The smallest absolute Gasteiger partial charge is 0.341 e. The van der Waals surface area contributed by atoms with Gasteiger partial charge in [0, 0.05) is 12.3 Å². The van der Waals surface area contributed by atoms with Crippen molar-refractivity contribution in [3.8, 4) is 11.5 Å². The first-order valence-electron chi connectivity index (χ1n) is 7.53. The molecule has 0 aliphatic heterocycles. The first-order chi connectivity index (χ1) is 12.9. The molecule has 144 valence electrons. The fourth-order valence-corrected chi connectivity index (χ4v) is 2.59. The van der Waals surface area contributed by atoms with Crippen molar-refractivity contribution in [3.05, 3.63) is 42.1 Å². The molecular formula is C17H16F2N2O5S. The molecule has 1 aromatic heterocycles. The quantitative estimate of drug-likeness (QED) is 0.540. The second kappa shape index (κ2) is 9.72. The van der Waals surface area contributed by atoms with Crippen molar-refractivity contribution >= 4 is 29.3 Å². The lowest BCUT2D eigenvalue weighted by Crippen LogP contribution is -2.21. The monoisotopic (exact) mass is 398 g/mol. The standard InChI is InChI=1S/C17H16F2N2O5S/c1-24-10-5-6-12(13(8-10)25-2)21-14(22)9-26-16(23)11-4-3-7-20-15(11)27-17(18)19/h3-8,17H,9H2,1-2H3,(H,21,22). The third-order valence-electron chi connectivity index (χ3n) is 3.21. The first kappa shape index (κ1) is 20.4. The number of amides is 1. The summed E-state index contributed by atoms with van der Waals surface area (Å²) in [6.45, 7) is -0.609. The summed E-state index contributed by atoms with van der Waals surface area (Å²) < 4.78 is 40.2. The van der Waals surface area contributed by atoms with Crippen molar-refractivity contribution in [2.24, 2.45) is 0 Å². The van der Waals surface area contributed by atoms with Crippen LogP contribution >= 0.6 is 11.8 Å². The van der Waals surface area contributed by atoms with E-state index in [4.69, 9.17) is 14.2 Å². The second-order valence-electron chi connectivity index (χ2n) is 4.93. The van der Waals surface area contributed by atoms with E-state index in [9.17, 15) is 18.4 Å². The lowest BCUT2D eigenvalue weighted by atomic mass is 10.2. The lowest BCUT2D eigenvalue weighted by Gasteiger charge is -2.12. The number of methoxy groups -OCH3 is 2. The minimum atomic E-state index is -2.74. The van der Waals surface area contributed by atoms with Gasteiger partial charge in [-0.2, -0.15) is 8.78 Å². The van der Waals surface area contributed by atoms with Gasteiger partial charge < -0.3 is 19.5 Å². The van der Waals surface area contributed by atoms with E-state index < -0.39 is 24.2 Å². The Morgan fingerprint density at radius 1 is 1.22 bits per heavy atom. The first-order valence-corrected chi connectivity index (χ1v) is 8.41. The third-order valence-corrected chi connectivity index (χ3v) is 3.94. The molecule has 0 saturated carbocycles. The number of ether oxygens (including phenoxy) is 3. The number of halogens is 2. The zero-order valence-corrected chi connectivity index (χ0v) is 15.2. The third kappa shape index (κ3) is 5.81. The van der Waals surface area contributed by atoms with Gasteiger partial charge in [-0.3, -0.25) is 4.79 Å². The summed E-state index contributed by atoms with van der Waals surface area (Å²) in [5.74, 6) is -3.40. The normalized spacial score (nSPS) is 10.4. The molecule has 1 N–H and O–H groups in total. The predicted octanol–water partition coefficient (Wildman–Crippen LogP) is 3.21. The number of nitrogens with zero attached hydrogens (tertiary/aromatic N) is 1. The molecule has 1 heterocycles. The average molecular weight is 398 g/mol. The summed E-state index contributed by atoms with van der Waals surface area (Å²) in [5, 5.41) is 2.36.